The van der Waals surface area contributed by atoms with Crippen LogP contribution >= 0.6 is 0 Å². The molecule has 20 heavy (non-hydrogen) atoms. The molecular weight excluding hydrogens is 258 g/mol. The standard InChI is InChI=1S/C14H13N3O3/c1-18-8-7-13-15-14(20-17-13)11-9-12(19-16-11)10-5-3-2-4-6-10/h2-6,9H,7-8H2,1H3. The number of ether oxygens (including phenoxy) is 1. The Labute approximate surface area is 115 Å². The molecule has 0 unspecified atom stereocenters. The summed E-state index contributed by atoms with van der Waals surface area (Å²) >= 11 is 0. The quantitative estimate of drug-likeness (QED) is 0.710. The van der Waals surface area contributed by atoms with Crippen molar-refractivity contribution in [3.63, 3.8) is 0 Å². The summed E-state index contributed by atoms with van der Waals surface area (Å²) in [4.78, 5) is 4.24. The normalized spacial score (nSPS) is 10.8. The van der Waals surface area contributed by atoms with Crippen LogP contribution in [0.25, 0.3) is 22.9 Å². The van der Waals surface area contributed by atoms with Crippen LogP contribution in [0.4, 0.5) is 0 Å². The van der Waals surface area contributed by atoms with Crippen LogP contribution in [0.5, 0.6) is 0 Å². The van der Waals surface area contributed by atoms with E-state index < -0.39 is 0 Å². The number of hydrogen-bond acceptors (Lipinski definition) is 6. The van der Waals surface area contributed by atoms with E-state index in [1.54, 1.807) is 13.2 Å². The van der Waals surface area contributed by atoms with E-state index >= 15 is 0 Å². The van der Waals surface area contributed by atoms with E-state index in [9.17, 15) is 0 Å². The molecule has 6 nitrogen and oxygen atoms in total. The first kappa shape index (κ1) is 12.6. The molecule has 0 aliphatic rings. The smallest absolute Gasteiger partial charge is 0.280 e. The molecule has 0 saturated carbocycles. The van der Waals surface area contributed by atoms with Crippen molar-refractivity contribution in [1.82, 2.24) is 15.3 Å². The van der Waals surface area contributed by atoms with Crippen LogP contribution in [0.15, 0.2) is 45.4 Å². The van der Waals surface area contributed by atoms with Crippen LogP contribution < -0.4 is 0 Å². The second-order valence-electron chi connectivity index (χ2n) is 4.20. The lowest BCUT2D eigenvalue weighted by Crippen LogP contribution is -1.96. The number of hydrogen-bond donors (Lipinski definition) is 0. The number of benzene rings is 1. The van der Waals surface area contributed by atoms with Crippen LogP contribution in [-0.4, -0.2) is 29.0 Å². The molecule has 0 spiro atoms. The van der Waals surface area contributed by atoms with Crippen molar-refractivity contribution < 1.29 is 13.8 Å². The molecule has 0 fully saturated rings. The number of nitrogens with zero attached hydrogens (tertiary/aromatic N) is 3. The van der Waals surface area contributed by atoms with Crippen molar-refractivity contribution in [3.8, 4) is 22.9 Å². The SMILES string of the molecule is COCCc1noc(-c2cc(-c3ccccc3)on2)n1. The highest BCUT2D eigenvalue weighted by Crippen LogP contribution is 2.24. The van der Waals surface area contributed by atoms with Crippen molar-refractivity contribution in [1.29, 1.82) is 0 Å². The van der Waals surface area contributed by atoms with Gasteiger partial charge in [0.2, 0.25) is 0 Å². The van der Waals surface area contributed by atoms with Gasteiger partial charge in [0.15, 0.2) is 17.3 Å². The second kappa shape index (κ2) is 5.66. The molecule has 102 valence electrons. The number of aromatic nitrogens is 3. The van der Waals surface area contributed by atoms with Gasteiger partial charge in [-0.1, -0.05) is 40.6 Å². The zero-order valence-electron chi connectivity index (χ0n) is 10.9. The maximum Gasteiger partial charge on any atom is 0.280 e. The summed E-state index contributed by atoms with van der Waals surface area (Å²) in [6, 6.07) is 11.5. The summed E-state index contributed by atoms with van der Waals surface area (Å²) in [5.41, 5.74) is 1.48. The summed E-state index contributed by atoms with van der Waals surface area (Å²) in [5.74, 6) is 1.60. The Morgan fingerprint density at radius 1 is 1.10 bits per heavy atom. The molecule has 0 atom stereocenters. The lowest BCUT2D eigenvalue weighted by atomic mass is 10.2. The fraction of sp³-hybridized carbons (Fsp3) is 0.214. The van der Waals surface area contributed by atoms with Gasteiger partial charge < -0.3 is 13.8 Å². The molecule has 1 aromatic carbocycles. The molecule has 2 heterocycles. The Bertz CT molecular complexity index is 676. The van der Waals surface area contributed by atoms with E-state index in [4.69, 9.17) is 13.8 Å². The van der Waals surface area contributed by atoms with Gasteiger partial charge in [0.1, 0.15) is 0 Å². The molecule has 0 N–H and O–H groups in total. The Hall–Kier alpha value is -2.47. The van der Waals surface area contributed by atoms with Gasteiger partial charge in [0.25, 0.3) is 5.89 Å². The van der Waals surface area contributed by atoms with E-state index in [1.165, 1.54) is 0 Å². The first-order valence-electron chi connectivity index (χ1n) is 6.21. The Kier molecular flexibility index (Phi) is 3.56. The Morgan fingerprint density at radius 2 is 1.95 bits per heavy atom. The van der Waals surface area contributed by atoms with Crippen molar-refractivity contribution in [2.45, 2.75) is 6.42 Å². The largest absolute Gasteiger partial charge is 0.384 e. The van der Waals surface area contributed by atoms with Gasteiger partial charge >= 0.3 is 0 Å². The van der Waals surface area contributed by atoms with Crippen molar-refractivity contribution in [2.75, 3.05) is 13.7 Å². The van der Waals surface area contributed by atoms with Crippen LogP contribution in [0.2, 0.25) is 0 Å². The van der Waals surface area contributed by atoms with E-state index in [2.05, 4.69) is 15.3 Å². The highest BCUT2D eigenvalue weighted by Gasteiger charge is 2.14. The molecule has 0 aliphatic heterocycles. The zero-order chi connectivity index (χ0) is 13.8. The van der Waals surface area contributed by atoms with E-state index in [0.717, 1.165) is 5.56 Å². The molecule has 3 aromatic rings. The topological polar surface area (TPSA) is 74.2 Å². The minimum Gasteiger partial charge on any atom is -0.384 e. The predicted octanol–water partition coefficient (Wildman–Crippen LogP) is 2.58. The summed E-state index contributed by atoms with van der Waals surface area (Å²) < 4.78 is 15.4. The molecule has 3 rings (SSSR count). The molecule has 0 saturated heterocycles. The van der Waals surface area contributed by atoms with Gasteiger partial charge in [-0.3, -0.25) is 0 Å². The van der Waals surface area contributed by atoms with Gasteiger partial charge in [0, 0.05) is 25.2 Å². The third-order valence-electron chi connectivity index (χ3n) is 2.79. The molecule has 0 bridgehead atoms. The molecule has 0 amide bonds. The van der Waals surface area contributed by atoms with Gasteiger partial charge in [-0.2, -0.15) is 4.98 Å². The van der Waals surface area contributed by atoms with Crippen LogP contribution in [-0.2, 0) is 11.2 Å². The van der Waals surface area contributed by atoms with Crippen LogP contribution in [0.3, 0.4) is 0 Å². The van der Waals surface area contributed by atoms with E-state index in [-0.39, 0.29) is 0 Å². The highest BCUT2D eigenvalue weighted by atomic mass is 16.5. The third-order valence-corrected chi connectivity index (χ3v) is 2.79. The zero-order valence-corrected chi connectivity index (χ0v) is 10.9. The minimum atomic E-state index is 0.349. The summed E-state index contributed by atoms with van der Waals surface area (Å²) in [6.07, 6.45) is 0.601. The average molecular weight is 271 g/mol. The lowest BCUT2D eigenvalue weighted by Gasteiger charge is -1.91. The average Bonchev–Trinajstić information content (AvgIpc) is 3.15. The molecule has 6 heteroatoms. The monoisotopic (exact) mass is 271 g/mol. The molecule has 0 aliphatic carbocycles. The number of rotatable bonds is 5. The Balaban J connectivity index is 1.81. The minimum absolute atomic E-state index is 0.349. The third kappa shape index (κ3) is 2.60. The summed E-state index contributed by atoms with van der Waals surface area (Å²) in [6.45, 7) is 0.549. The molecule has 2 aromatic heterocycles. The van der Waals surface area contributed by atoms with Crippen molar-refractivity contribution in [3.05, 3.63) is 42.2 Å². The lowest BCUT2D eigenvalue weighted by molar-refractivity contribution is 0.199. The van der Waals surface area contributed by atoms with Gasteiger partial charge in [-0.05, 0) is 0 Å². The van der Waals surface area contributed by atoms with Crippen molar-refractivity contribution >= 4 is 0 Å². The molecule has 0 radical (unpaired) electrons. The van der Waals surface area contributed by atoms with Gasteiger partial charge in [-0.15, -0.1) is 0 Å². The van der Waals surface area contributed by atoms with Crippen LogP contribution in [0.1, 0.15) is 5.82 Å². The summed E-state index contributed by atoms with van der Waals surface area (Å²) in [5, 5.41) is 7.82. The van der Waals surface area contributed by atoms with Gasteiger partial charge in [-0.25, -0.2) is 0 Å². The van der Waals surface area contributed by atoms with Gasteiger partial charge in [0.05, 0.1) is 6.61 Å². The second-order valence-corrected chi connectivity index (χ2v) is 4.20. The first-order chi connectivity index (χ1) is 9.86. The maximum atomic E-state index is 5.29. The predicted molar refractivity (Wildman–Crippen MR) is 70.8 cm³/mol. The summed E-state index contributed by atoms with van der Waals surface area (Å²) in [7, 11) is 1.63. The first-order valence-corrected chi connectivity index (χ1v) is 6.21. The molecular formula is C14H13N3O3. The van der Waals surface area contributed by atoms with Crippen molar-refractivity contribution in [2.24, 2.45) is 0 Å². The van der Waals surface area contributed by atoms with E-state index in [1.807, 2.05) is 30.3 Å². The fourth-order valence-corrected chi connectivity index (χ4v) is 1.77. The number of methoxy groups -OCH3 is 1. The van der Waals surface area contributed by atoms with Crippen LogP contribution in [0, 0.1) is 0 Å². The Morgan fingerprint density at radius 3 is 2.75 bits per heavy atom. The fourth-order valence-electron chi connectivity index (χ4n) is 1.77. The van der Waals surface area contributed by atoms with E-state index in [0.29, 0.717) is 36.2 Å². The maximum absolute atomic E-state index is 5.29. The highest BCUT2D eigenvalue weighted by molar-refractivity contribution is 5.62.